The molecular weight excluding hydrogens is 309 g/mol. The van der Waals surface area contributed by atoms with E-state index in [2.05, 4.69) is 16.6 Å². The predicted molar refractivity (Wildman–Crippen MR) is 65.4 cm³/mol. The van der Waals surface area contributed by atoms with Crippen molar-refractivity contribution in [2.45, 2.75) is 36.6 Å². The molecule has 0 radical (unpaired) electrons. The number of carbonyl (C=O) groups is 1. The fraction of sp³-hybridized carbons (Fsp3) is 0.727. The average Bonchev–Trinajstić information content (AvgIpc) is 2.46. The van der Waals surface area contributed by atoms with Crippen LogP contribution in [-0.4, -0.2) is 64.6 Å². The SMILES string of the molecule is C=CCO[C@]1(C(=O)[O-])C[C@@H](O)[C@@H](O)[C@@H](C(CO)N=[N+]=[N-])O1.[Na+]. The van der Waals surface area contributed by atoms with Crippen molar-refractivity contribution >= 4 is 5.97 Å². The van der Waals surface area contributed by atoms with Crippen LogP contribution >= 0.6 is 0 Å². The molecule has 0 aromatic rings. The molecule has 0 spiro atoms. The summed E-state index contributed by atoms with van der Waals surface area (Å²) in [7, 11) is 0. The van der Waals surface area contributed by atoms with Gasteiger partial charge in [0.05, 0.1) is 25.4 Å². The smallest absolute Gasteiger partial charge is 0.544 e. The zero-order valence-corrected chi connectivity index (χ0v) is 14.0. The Morgan fingerprint density at radius 3 is 2.77 bits per heavy atom. The molecule has 5 atom stereocenters. The van der Waals surface area contributed by atoms with Crippen molar-refractivity contribution in [3.63, 3.8) is 0 Å². The topological polar surface area (TPSA) is 168 Å². The summed E-state index contributed by atoms with van der Waals surface area (Å²) in [6, 6.07) is -1.30. The number of rotatable bonds is 7. The summed E-state index contributed by atoms with van der Waals surface area (Å²) >= 11 is 0. The van der Waals surface area contributed by atoms with Crippen molar-refractivity contribution in [1.82, 2.24) is 0 Å². The molecule has 1 aliphatic heterocycles. The number of aliphatic carboxylic acids is 1. The Kier molecular flexibility index (Phi) is 9.16. The number of carboxylic acids is 1. The minimum atomic E-state index is -2.34. The van der Waals surface area contributed by atoms with E-state index in [0.29, 0.717) is 0 Å². The Labute approximate surface area is 148 Å². The molecule has 0 bridgehead atoms. The molecule has 0 aliphatic carbocycles. The summed E-state index contributed by atoms with van der Waals surface area (Å²) in [5.74, 6) is -4.10. The van der Waals surface area contributed by atoms with Gasteiger partial charge in [0.1, 0.15) is 18.2 Å². The van der Waals surface area contributed by atoms with Crippen LogP contribution in [0.25, 0.3) is 10.4 Å². The fourth-order valence-electron chi connectivity index (χ4n) is 2.01. The predicted octanol–water partition coefficient (Wildman–Crippen LogP) is -5.18. The second-order valence-corrected chi connectivity index (χ2v) is 4.44. The van der Waals surface area contributed by atoms with E-state index in [1.165, 1.54) is 6.08 Å². The molecule has 10 nitrogen and oxygen atoms in total. The second-order valence-electron chi connectivity index (χ2n) is 4.44. The molecule has 118 valence electrons. The van der Waals surface area contributed by atoms with Crippen LogP contribution in [0.3, 0.4) is 0 Å². The maximum absolute atomic E-state index is 11.3. The third-order valence-electron chi connectivity index (χ3n) is 3.05. The van der Waals surface area contributed by atoms with Crippen molar-refractivity contribution in [2.75, 3.05) is 13.2 Å². The number of nitrogens with zero attached hydrogens (tertiary/aromatic N) is 3. The Balaban J connectivity index is 0.00000441. The van der Waals surface area contributed by atoms with Crippen molar-refractivity contribution in [1.29, 1.82) is 0 Å². The van der Waals surface area contributed by atoms with E-state index in [9.17, 15) is 20.1 Å². The summed E-state index contributed by atoms with van der Waals surface area (Å²) < 4.78 is 10.2. The van der Waals surface area contributed by atoms with Gasteiger partial charge in [-0.15, -0.1) is 6.58 Å². The molecule has 0 aromatic carbocycles. The summed E-state index contributed by atoms with van der Waals surface area (Å²) in [6.45, 7) is 2.42. The number of azide groups is 1. The standard InChI is InChI=1S/C11H17N3O7.Na/c1-2-3-20-11(10(18)19)4-7(16)8(17)9(21-11)6(5-15)13-14-12;/h2,6-9,15-17H,1,3-5H2,(H,18,19);/q;+1/p-1/t6?,7-,8-,9-,11-;/m1./s1. The van der Waals surface area contributed by atoms with Crippen LogP contribution in [0.2, 0.25) is 0 Å². The third-order valence-corrected chi connectivity index (χ3v) is 3.05. The van der Waals surface area contributed by atoms with Crippen LogP contribution in [0.5, 0.6) is 0 Å². The number of carbonyl (C=O) groups excluding carboxylic acids is 1. The molecule has 22 heavy (non-hydrogen) atoms. The van der Waals surface area contributed by atoms with Crippen LogP contribution < -0.4 is 34.7 Å². The van der Waals surface area contributed by atoms with Crippen LogP contribution in [0, 0.1) is 0 Å². The number of aliphatic hydroxyl groups excluding tert-OH is 3. The fourth-order valence-corrected chi connectivity index (χ4v) is 2.01. The molecule has 1 rings (SSSR count). The number of carboxylic acid groups (broad SMARTS) is 1. The monoisotopic (exact) mass is 325 g/mol. The molecule has 11 heteroatoms. The molecular formula is C11H16N3NaO7. The molecule has 1 saturated heterocycles. The van der Waals surface area contributed by atoms with Crippen molar-refractivity contribution in [3.8, 4) is 0 Å². The van der Waals surface area contributed by atoms with Gasteiger partial charge in [0.15, 0.2) is 0 Å². The maximum Gasteiger partial charge on any atom is 1.00 e. The first-order valence-electron chi connectivity index (χ1n) is 6.07. The first-order valence-corrected chi connectivity index (χ1v) is 6.07. The number of hydrogen-bond donors (Lipinski definition) is 3. The molecule has 3 N–H and O–H groups in total. The van der Waals surface area contributed by atoms with Gasteiger partial charge < -0.3 is 34.7 Å². The van der Waals surface area contributed by atoms with E-state index in [0.717, 1.165) is 0 Å². The first-order chi connectivity index (χ1) is 9.91. The van der Waals surface area contributed by atoms with Gasteiger partial charge in [0.25, 0.3) is 0 Å². The number of hydrogen-bond acceptors (Lipinski definition) is 8. The maximum atomic E-state index is 11.3. The van der Waals surface area contributed by atoms with E-state index in [1.54, 1.807) is 0 Å². The Bertz CT molecular complexity index is 445. The summed E-state index contributed by atoms with van der Waals surface area (Å²) in [5.41, 5.74) is 8.41. The minimum Gasteiger partial charge on any atom is -0.544 e. The molecule has 0 aromatic heterocycles. The Morgan fingerprint density at radius 1 is 1.68 bits per heavy atom. The van der Waals surface area contributed by atoms with Crippen LogP contribution in [0.15, 0.2) is 17.8 Å². The van der Waals surface area contributed by atoms with E-state index >= 15 is 0 Å². The van der Waals surface area contributed by atoms with Crippen molar-refractivity contribution in [3.05, 3.63) is 23.1 Å². The van der Waals surface area contributed by atoms with Gasteiger partial charge in [0, 0.05) is 11.3 Å². The van der Waals surface area contributed by atoms with Crippen LogP contribution in [0.4, 0.5) is 0 Å². The minimum absolute atomic E-state index is 0. The van der Waals surface area contributed by atoms with E-state index in [4.69, 9.17) is 20.1 Å². The van der Waals surface area contributed by atoms with Gasteiger partial charge in [0.2, 0.25) is 5.79 Å². The van der Waals surface area contributed by atoms with Gasteiger partial charge in [-0.1, -0.05) is 11.2 Å². The Morgan fingerprint density at radius 2 is 2.32 bits per heavy atom. The second kappa shape index (κ2) is 9.46. The molecule has 1 heterocycles. The van der Waals surface area contributed by atoms with Gasteiger partial charge in [-0.2, -0.15) is 0 Å². The van der Waals surface area contributed by atoms with Crippen molar-refractivity contribution in [2.24, 2.45) is 5.11 Å². The average molecular weight is 325 g/mol. The molecule has 0 amide bonds. The van der Waals surface area contributed by atoms with E-state index in [1.807, 2.05) is 0 Å². The number of ether oxygens (including phenoxy) is 2. The van der Waals surface area contributed by atoms with Gasteiger partial charge in [-0.3, -0.25) is 0 Å². The van der Waals surface area contributed by atoms with Gasteiger partial charge in [-0.25, -0.2) is 0 Å². The summed E-state index contributed by atoms with van der Waals surface area (Å²) in [4.78, 5) is 13.8. The van der Waals surface area contributed by atoms with Crippen LogP contribution in [-0.2, 0) is 14.3 Å². The molecule has 0 saturated carbocycles. The van der Waals surface area contributed by atoms with Gasteiger partial charge >= 0.3 is 29.6 Å². The zero-order valence-electron chi connectivity index (χ0n) is 12.0. The quantitative estimate of drug-likeness (QED) is 0.138. The van der Waals surface area contributed by atoms with Crippen LogP contribution in [0.1, 0.15) is 6.42 Å². The van der Waals surface area contributed by atoms with E-state index < -0.39 is 49.1 Å². The van der Waals surface area contributed by atoms with Gasteiger partial charge in [-0.05, 0) is 5.53 Å². The largest absolute Gasteiger partial charge is 1.00 e. The third kappa shape index (κ3) is 4.66. The number of aliphatic hydroxyl groups is 3. The van der Waals surface area contributed by atoms with E-state index in [-0.39, 0.29) is 36.2 Å². The normalized spacial score (nSPS) is 32.2. The molecule has 1 aliphatic rings. The zero-order chi connectivity index (χ0) is 16.0. The summed E-state index contributed by atoms with van der Waals surface area (Å²) in [6.07, 6.45) is -3.90. The summed E-state index contributed by atoms with van der Waals surface area (Å²) in [5, 5.41) is 43.3. The molecule has 1 fully saturated rings. The molecule has 1 unspecified atom stereocenters. The Hall–Kier alpha value is -0.680. The van der Waals surface area contributed by atoms with Crippen molar-refractivity contribution < 1.29 is 64.3 Å². The first kappa shape index (κ1) is 21.3.